The lowest BCUT2D eigenvalue weighted by atomic mass is 10.1. The molecule has 0 aliphatic carbocycles. The van der Waals surface area contributed by atoms with Crippen LogP contribution in [0.4, 0.5) is 17.3 Å². The first-order valence-electron chi connectivity index (χ1n) is 7.48. The molecule has 0 unspecified atom stereocenters. The Kier molecular flexibility index (Phi) is 4.51. The summed E-state index contributed by atoms with van der Waals surface area (Å²) in [4.78, 5) is 23.6. The second-order valence-electron chi connectivity index (χ2n) is 5.34. The van der Waals surface area contributed by atoms with Crippen molar-refractivity contribution in [1.29, 1.82) is 0 Å². The first-order chi connectivity index (χ1) is 12.0. The van der Waals surface area contributed by atoms with Crippen molar-refractivity contribution in [3.63, 3.8) is 0 Å². The average molecular weight is 337 g/mol. The number of aryl methyl sites for hydroxylation is 1. The summed E-state index contributed by atoms with van der Waals surface area (Å²) in [5.41, 5.74) is 1.18. The summed E-state index contributed by atoms with van der Waals surface area (Å²) in [5, 5.41) is 17.2. The number of benzene rings is 1. The predicted octanol–water partition coefficient (Wildman–Crippen LogP) is 2.97. The van der Waals surface area contributed by atoms with E-state index in [9.17, 15) is 9.59 Å². The van der Waals surface area contributed by atoms with Gasteiger partial charge in [0, 0.05) is 17.3 Å². The molecular formula is C17H15N5O3. The molecule has 0 saturated heterocycles. The molecular weight excluding hydrogens is 322 g/mol. The molecule has 0 fully saturated rings. The average Bonchev–Trinajstić information content (AvgIpc) is 3.00. The zero-order chi connectivity index (χ0) is 17.8. The molecule has 126 valence electrons. The third-order valence-corrected chi connectivity index (χ3v) is 3.31. The zero-order valence-electron chi connectivity index (χ0n) is 13.6. The predicted molar refractivity (Wildman–Crippen MR) is 91.0 cm³/mol. The fraction of sp³-hybridized carbons (Fsp3) is 0.118. The van der Waals surface area contributed by atoms with Gasteiger partial charge < -0.3 is 15.2 Å². The lowest BCUT2D eigenvalue weighted by molar-refractivity contribution is 0.100. The standard InChI is InChI=1S/C17H15N5O3/c1-10-8-16(22-25-10)19-15-7-6-14(20-21-15)17(24)18-13-5-3-4-12(9-13)11(2)23/h3-9H,1-2H3,(H,18,24)(H,19,21,22). The minimum atomic E-state index is -0.419. The second-order valence-corrected chi connectivity index (χ2v) is 5.34. The van der Waals surface area contributed by atoms with Crippen LogP contribution in [0.2, 0.25) is 0 Å². The molecule has 0 saturated carbocycles. The molecule has 3 rings (SSSR count). The van der Waals surface area contributed by atoms with E-state index in [1.165, 1.54) is 13.0 Å². The third-order valence-electron chi connectivity index (χ3n) is 3.31. The molecule has 0 spiro atoms. The van der Waals surface area contributed by atoms with E-state index in [1.807, 2.05) is 0 Å². The quantitative estimate of drug-likeness (QED) is 0.689. The number of ketones is 1. The van der Waals surface area contributed by atoms with Crippen LogP contribution in [-0.2, 0) is 0 Å². The lowest BCUT2D eigenvalue weighted by Gasteiger charge is -2.06. The van der Waals surface area contributed by atoms with E-state index in [2.05, 4.69) is 26.0 Å². The minimum Gasteiger partial charge on any atom is -0.360 e. The van der Waals surface area contributed by atoms with Crippen molar-refractivity contribution >= 4 is 29.0 Å². The van der Waals surface area contributed by atoms with Gasteiger partial charge in [0.25, 0.3) is 5.91 Å². The van der Waals surface area contributed by atoms with Gasteiger partial charge in [-0.25, -0.2) is 0 Å². The van der Waals surface area contributed by atoms with Crippen molar-refractivity contribution in [3.8, 4) is 0 Å². The van der Waals surface area contributed by atoms with Gasteiger partial charge in [0.2, 0.25) is 0 Å². The van der Waals surface area contributed by atoms with Crippen LogP contribution < -0.4 is 10.6 Å². The number of rotatable bonds is 5. The van der Waals surface area contributed by atoms with E-state index in [1.54, 1.807) is 43.3 Å². The molecule has 2 heterocycles. The Bertz CT molecular complexity index is 918. The molecule has 3 aromatic rings. The van der Waals surface area contributed by atoms with Crippen molar-refractivity contribution in [2.75, 3.05) is 10.6 Å². The highest BCUT2D eigenvalue weighted by Crippen LogP contribution is 2.15. The lowest BCUT2D eigenvalue weighted by Crippen LogP contribution is -2.15. The minimum absolute atomic E-state index is 0.0746. The van der Waals surface area contributed by atoms with Crippen LogP contribution in [0, 0.1) is 6.92 Å². The summed E-state index contributed by atoms with van der Waals surface area (Å²) in [6.45, 7) is 3.24. The van der Waals surface area contributed by atoms with Gasteiger partial charge in [0.1, 0.15) is 5.76 Å². The Hall–Kier alpha value is -3.55. The summed E-state index contributed by atoms with van der Waals surface area (Å²) in [7, 11) is 0. The molecule has 0 radical (unpaired) electrons. The first kappa shape index (κ1) is 16.3. The van der Waals surface area contributed by atoms with E-state index in [0.29, 0.717) is 28.6 Å². The summed E-state index contributed by atoms with van der Waals surface area (Å²) < 4.78 is 4.94. The van der Waals surface area contributed by atoms with Crippen molar-refractivity contribution in [2.45, 2.75) is 13.8 Å². The number of amides is 1. The SMILES string of the molecule is CC(=O)c1cccc(NC(=O)c2ccc(Nc3cc(C)on3)nn2)c1. The second kappa shape index (κ2) is 6.91. The van der Waals surface area contributed by atoms with E-state index < -0.39 is 5.91 Å². The number of Topliss-reactive ketones (excluding diaryl/α,β-unsaturated/α-hetero) is 1. The van der Waals surface area contributed by atoms with Crippen LogP contribution in [0.3, 0.4) is 0 Å². The molecule has 1 aromatic carbocycles. The highest BCUT2D eigenvalue weighted by atomic mass is 16.5. The van der Waals surface area contributed by atoms with E-state index in [4.69, 9.17) is 4.52 Å². The monoisotopic (exact) mass is 337 g/mol. The first-order valence-corrected chi connectivity index (χ1v) is 7.48. The zero-order valence-corrected chi connectivity index (χ0v) is 13.6. The fourth-order valence-electron chi connectivity index (χ4n) is 2.09. The van der Waals surface area contributed by atoms with Gasteiger partial charge in [0.15, 0.2) is 23.1 Å². The summed E-state index contributed by atoms with van der Waals surface area (Å²) in [5.74, 6) is 1.11. The van der Waals surface area contributed by atoms with E-state index >= 15 is 0 Å². The van der Waals surface area contributed by atoms with Crippen molar-refractivity contribution < 1.29 is 14.1 Å². The number of anilines is 3. The van der Waals surface area contributed by atoms with Gasteiger partial charge in [-0.3, -0.25) is 9.59 Å². The summed E-state index contributed by atoms with van der Waals surface area (Å²) >= 11 is 0. The van der Waals surface area contributed by atoms with Crippen molar-refractivity contribution in [3.05, 3.63) is 59.5 Å². The molecule has 0 aliphatic heterocycles. The van der Waals surface area contributed by atoms with Gasteiger partial charge in [0.05, 0.1) is 0 Å². The molecule has 2 N–H and O–H groups in total. The number of carbonyl (C=O) groups is 2. The smallest absolute Gasteiger partial charge is 0.276 e. The fourth-order valence-corrected chi connectivity index (χ4v) is 2.09. The Morgan fingerprint density at radius 3 is 2.52 bits per heavy atom. The highest BCUT2D eigenvalue weighted by Gasteiger charge is 2.10. The molecule has 0 atom stereocenters. The summed E-state index contributed by atoms with van der Waals surface area (Å²) in [6.07, 6.45) is 0. The topological polar surface area (TPSA) is 110 Å². The van der Waals surface area contributed by atoms with Crippen molar-refractivity contribution in [1.82, 2.24) is 15.4 Å². The Balaban J connectivity index is 1.68. The van der Waals surface area contributed by atoms with Crippen LogP contribution in [0.1, 0.15) is 33.5 Å². The van der Waals surface area contributed by atoms with E-state index in [-0.39, 0.29) is 11.5 Å². The molecule has 8 nitrogen and oxygen atoms in total. The Labute approximate surface area is 143 Å². The number of aromatic nitrogens is 3. The van der Waals surface area contributed by atoms with Gasteiger partial charge in [-0.2, -0.15) is 0 Å². The van der Waals surface area contributed by atoms with E-state index in [0.717, 1.165) is 0 Å². The van der Waals surface area contributed by atoms with Crippen LogP contribution in [-0.4, -0.2) is 27.0 Å². The highest BCUT2D eigenvalue weighted by molar-refractivity contribution is 6.03. The molecule has 8 heteroatoms. The third kappa shape index (κ3) is 4.05. The molecule has 2 aromatic heterocycles. The van der Waals surface area contributed by atoms with Crippen LogP contribution in [0.15, 0.2) is 47.0 Å². The Morgan fingerprint density at radius 1 is 1.04 bits per heavy atom. The molecule has 1 amide bonds. The maximum Gasteiger partial charge on any atom is 0.276 e. The summed E-state index contributed by atoms with van der Waals surface area (Å²) in [6, 6.07) is 11.5. The Morgan fingerprint density at radius 2 is 1.88 bits per heavy atom. The van der Waals surface area contributed by atoms with Crippen LogP contribution in [0.5, 0.6) is 0 Å². The van der Waals surface area contributed by atoms with Gasteiger partial charge in [-0.15, -0.1) is 10.2 Å². The number of hydrogen-bond donors (Lipinski definition) is 2. The normalized spacial score (nSPS) is 10.3. The largest absolute Gasteiger partial charge is 0.360 e. The maximum absolute atomic E-state index is 12.2. The molecule has 0 bridgehead atoms. The van der Waals surface area contributed by atoms with Crippen LogP contribution in [0.25, 0.3) is 0 Å². The number of hydrogen-bond acceptors (Lipinski definition) is 7. The molecule has 0 aliphatic rings. The van der Waals surface area contributed by atoms with Gasteiger partial charge >= 0.3 is 0 Å². The number of nitrogens with one attached hydrogen (secondary N) is 2. The van der Waals surface area contributed by atoms with Gasteiger partial charge in [-0.1, -0.05) is 17.3 Å². The van der Waals surface area contributed by atoms with Crippen LogP contribution >= 0.6 is 0 Å². The van der Waals surface area contributed by atoms with Gasteiger partial charge in [-0.05, 0) is 38.1 Å². The maximum atomic E-state index is 12.2. The number of nitrogens with zero attached hydrogens (tertiary/aromatic N) is 3. The number of carbonyl (C=O) groups excluding carboxylic acids is 2. The van der Waals surface area contributed by atoms with Crippen molar-refractivity contribution in [2.24, 2.45) is 0 Å². The molecule has 25 heavy (non-hydrogen) atoms.